The lowest BCUT2D eigenvalue weighted by Gasteiger charge is -2.43. The Morgan fingerprint density at radius 1 is 0.231 bits per heavy atom. The van der Waals surface area contributed by atoms with Gasteiger partial charge < -0.3 is 28.7 Å². The first-order valence-corrected chi connectivity index (χ1v) is 32.9. The number of rotatable bonds is 42. The van der Waals surface area contributed by atoms with Crippen molar-refractivity contribution in [2.45, 2.75) is 229 Å². The van der Waals surface area contributed by atoms with E-state index in [1.165, 1.54) is 0 Å². The van der Waals surface area contributed by atoms with Gasteiger partial charge in [0.05, 0.1) is 23.5 Å². The van der Waals surface area contributed by atoms with E-state index in [1.54, 1.807) is 0 Å². The van der Waals surface area contributed by atoms with Gasteiger partial charge in [0.15, 0.2) is 26.4 Å². The van der Waals surface area contributed by atoms with E-state index in [-0.39, 0.29) is 21.9 Å². The van der Waals surface area contributed by atoms with Crippen LogP contribution in [0.4, 0.5) is 304 Å². The molecule has 1 aliphatic heterocycles. The number of alkyl halides is 64. The Morgan fingerprint density at radius 3 is 0.567 bits per heavy atom. The van der Waals surface area contributed by atoms with Gasteiger partial charge in [0, 0.05) is 5.39 Å². The van der Waals surface area contributed by atoms with Gasteiger partial charge in [-0.25, -0.2) is 35.1 Å². The van der Waals surface area contributed by atoms with Crippen molar-refractivity contribution >= 4 is 34.0 Å². The number of halogens is 64. The molecule has 76 heteroatoms. The van der Waals surface area contributed by atoms with Gasteiger partial charge in [0.1, 0.15) is 0 Å². The molecule has 2 atom stereocenters. The number of aromatic nitrogens is 6. The van der Waals surface area contributed by atoms with Crippen LogP contribution in [0.25, 0.3) is 10.8 Å². The van der Waals surface area contributed by atoms with Crippen LogP contribution in [-0.2, 0) is 0 Å². The van der Waals surface area contributed by atoms with Crippen molar-refractivity contribution in [2.75, 3.05) is 36.2 Å². The average molecular weight is 2120 g/mol. The van der Waals surface area contributed by atoms with Crippen molar-refractivity contribution in [3.8, 4) is 24.0 Å². The summed E-state index contributed by atoms with van der Waals surface area (Å²) in [5, 5.41) is -2.20. The first-order valence-electron chi connectivity index (χ1n) is 32.9. The first kappa shape index (κ1) is 114. The summed E-state index contributed by atoms with van der Waals surface area (Å²) in [6.45, 7) is -17.9. The number of nitrogens with zero attached hydrogens (tertiary/aromatic N) is 8. The molecule has 0 amide bonds. The zero-order chi connectivity index (χ0) is 105. The molecular formula is C58H28F64N8O4. The third kappa shape index (κ3) is 16.0. The Morgan fingerprint density at radius 2 is 0.396 bits per heavy atom. The van der Waals surface area contributed by atoms with E-state index in [9.17, 15) is 211 Å². The largest absolute Gasteiger partial charge is 0.457 e. The van der Waals surface area contributed by atoms with Crippen molar-refractivity contribution in [3.63, 3.8) is 0 Å². The summed E-state index contributed by atoms with van der Waals surface area (Å²) in [5.41, 5.74) is -2.76. The highest BCUT2D eigenvalue weighted by Crippen LogP contribution is 2.70. The number of fused-ring (bicyclic) bond motifs is 1. The third-order valence-electron chi connectivity index (χ3n) is 18.8. The van der Waals surface area contributed by atoms with Crippen molar-refractivity contribution in [3.05, 3.63) is 36.4 Å². The SMILES string of the molecule is FC(F)C(F)(F)C(F)(F)C(F)(F)C(F)(F)C(F)(F)C(F)(F)C(F)(F)COc1nc(OCC(F)(F)C(F)(F)C(F)(F)C(F)(F)C(F)(F)C(F)(F)C(F)(F)C(F)F)nc(N2c3cccc4cccc(c34)N(c3nc(OCC(F)(F)C(F)(F)C(F)(F)C(F)(F)C(F)(F)C(F)(F)C(F)(F)C(F)F)nc(OCC(F)(F)C(F)(F)C(F)(F)C(F)(F)C(F)(F)C(F)(F)C(F)(F)C(F)F)n3)C3CCCCC32)n1. The Kier molecular flexibility index (Phi) is 28.4. The standard InChI is InChI=1S/C58H28F64N8O4/c59-21(60)35(75,76)43(91,92)51(107,108)55(115,116)47(99,100)39(83,84)31(67,68)11-131-27-123-25(124-28(127-27)132-12-32(69,70)40(85,86)48(101,102)56(117,118)52(109,110)44(93,94)36(77,78)22(61)62)129-16-7-1-2-8-17(16)130(19-10-4-6-15-5-3-9-18(129)20(15)19)26-125-29(133-13-33(71,72)41(87,88)49(103,104)57(119,120)53(111,112)45(95,96)37(79,80)23(63)64)128-30(126-26)134-14-34(73,74)42(89,90)50(105,106)58(121,122)54(113,114)46(97,98)38(81,82)24(65)66/h3-6,9-10,16-17,21-24H,1-2,7-8,11-14H2. The predicted molar refractivity (Wildman–Crippen MR) is 298 cm³/mol. The van der Waals surface area contributed by atoms with E-state index < -0.39 is 314 Å². The van der Waals surface area contributed by atoms with Gasteiger partial charge in [-0.1, -0.05) is 37.1 Å². The topological polar surface area (TPSA) is 121 Å². The Hall–Kier alpha value is -8.96. The smallest absolute Gasteiger partial charge is 0.385 e. The molecule has 3 heterocycles. The zero-order valence-electron chi connectivity index (χ0n) is 61.0. The van der Waals surface area contributed by atoms with Crippen LogP contribution in [-0.4, -0.2) is 260 Å². The summed E-state index contributed by atoms with van der Waals surface area (Å²) in [5.74, 6) is -252. The van der Waals surface area contributed by atoms with Crippen molar-refractivity contribution in [2.24, 2.45) is 0 Å². The lowest BCUT2D eigenvalue weighted by atomic mass is 9.88. The molecule has 1 aliphatic carbocycles. The highest BCUT2D eigenvalue weighted by atomic mass is 19.4. The molecule has 0 spiro atoms. The fourth-order valence-corrected chi connectivity index (χ4v) is 11.0. The van der Waals surface area contributed by atoms with Crippen LogP contribution in [0, 0.1) is 0 Å². The van der Waals surface area contributed by atoms with E-state index in [1.807, 2.05) is 0 Å². The van der Waals surface area contributed by atoms with Crippen LogP contribution in [0.1, 0.15) is 25.7 Å². The third-order valence-corrected chi connectivity index (χ3v) is 18.8. The minimum atomic E-state index is -9.38. The van der Waals surface area contributed by atoms with E-state index >= 15 is 70.2 Å². The minimum Gasteiger partial charge on any atom is -0.457 e. The van der Waals surface area contributed by atoms with E-state index in [4.69, 9.17) is 0 Å². The van der Waals surface area contributed by atoms with Crippen LogP contribution in [0.2, 0.25) is 0 Å². The van der Waals surface area contributed by atoms with Gasteiger partial charge >= 0.3 is 216 Å². The lowest BCUT2D eigenvalue weighted by Crippen LogP contribution is -2.74. The van der Waals surface area contributed by atoms with Gasteiger partial charge in [-0.05, 0) is 30.4 Å². The Balaban J connectivity index is 1.69. The zero-order valence-corrected chi connectivity index (χ0v) is 61.0. The second-order valence-electron chi connectivity index (χ2n) is 27.4. The maximum absolute atomic E-state index is 15.6. The summed E-state index contributed by atoms with van der Waals surface area (Å²) in [4.78, 5) is 15.5. The predicted octanol–water partition coefficient (Wildman–Crippen LogP) is 24.2. The van der Waals surface area contributed by atoms with Crippen molar-refractivity contribution in [1.82, 2.24) is 29.9 Å². The molecule has 0 saturated heterocycles. The summed E-state index contributed by atoms with van der Waals surface area (Å²) in [6, 6.07) is -15.6. The number of ether oxygens (including phenoxy) is 4. The van der Waals surface area contributed by atoms with Gasteiger partial charge in [0.25, 0.3) is 0 Å². The molecule has 1 fully saturated rings. The minimum absolute atomic E-state index is 0.204. The van der Waals surface area contributed by atoms with E-state index in [0.717, 1.165) is 0 Å². The molecule has 2 aromatic heterocycles. The Bertz CT molecular complexity index is 4330. The average Bonchev–Trinajstić information content (AvgIpc) is 0.731. The molecule has 1 saturated carbocycles. The molecule has 2 aromatic carbocycles. The summed E-state index contributed by atoms with van der Waals surface area (Å²) in [7, 11) is 0. The summed E-state index contributed by atoms with van der Waals surface area (Å²) in [6.07, 6.45) is -30.4. The van der Waals surface area contributed by atoms with Crippen molar-refractivity contribution < 1.29 is 300 Å². The molecule has 6 rings (SSSR count). The number of benzene rings is 2. The highest BCUT2D eigenvalue weighted by molar-refractivity contribution is 6.06. The van der Waals surface area contributed by atoms with Crippen molar-refractivity contribution in [1.29, 1.82) is 0 Å². The number of anilines is 4. The molecule has 0 radical (unpaired) electrons. The molecular weight excluding hydrogens is 2090 g/mol. The normalized spacial score (nSPS) is 17.8. The monoisotopic (exact) mass is 2120 g/mol. The summed E-state index contributed by atoms with van der Waals surface area (Å²) >= 11 is 0. The van der Waals surface area contributed by atoms with E-state index in [0.29, 0.717) is 24.3 Å². The number of hydrogen-bond acceptors (Lipinski definition) is 12. The van der Waals surface area contributed by atoms with Gasteiger partial charge in [-0.15, -0.1) is 9.97 Å². The van der Waals surface area contributed by atoms with Crippen LogP contribution in [0.15, 0.2) is 36.4 Å². The fraction of sp³-hybridized carbons (Fsp3) is 0.724. The molecule has 2 aliphatic rings. The molecule has 4 aromatic rings. The van der Waals surface area contributed by atoms with E-state index in [2.05, 4.69) is 48.9 Å². The quantitative estimate of drug-likeness (QED) is 0.0393. The maximum atomic E-state index is 15.6. The Labute approximate surface area is 689 Å². The first-order chi connectivity index (χ1) is 59.0. The molecule has 2 unspecified atom stereocenters. The van der Waals surface area contributed by atoms with Gasteiger partial charge in [-0.2, -0.15) is 266 Å². The van der Waals surface area contributed by atoms with Crippen LogP contribution >= 0.6 is 0 Å². The van der Waals surface area contributed by atoms with Crippen LogP contribution in [0.5, 0.6) is 24.0 Å². The lowest BCUT2D eigenvalue weighted by molar-refractivity contribution is -0.447. The maximum Gasteiger partial charge on any atom is 0.385 e. The summed E-state index contributed by atoms with van der Waals surface area (Å²) < 4.78 is 937. The molecule has 134 heavy (non-hydrogen) atoms. The van der Waals surface area contributed by atoms with Crippen LogP contribution < -0.4 is 28.7 Å². The number of hydrogen-bond donors (Lipinski definition) is 0. The second-order valence-corrected chi connectivity index (χ2v) is 27.4. The second kappa shape index (κ2) is 33.4. The highest BCUT2D eigenvalue weighted by Gasteiger charge is 2.99. The van der Waals surface area contributed by atoms with Gasteiger partial charge in [0.2, 0.25) is 11.9 Å². The van der Waals surface area contributed by atoms with Gasteiger partial charge in [-0.3, -0.25) is 0 Å². The molecule has 0 N–H and O–H groups in total. The molecule has 772 valence electrons. The fourth-order valence-electron chi connectivity index (χ4n) is 11.0. The molecule has 0 bridgehead atoms. The van der Waals surface area contributed by atoms with Crippen LogP contribution in [0.3, 0.4) is 0 Å². The molecule has 12 nitrogen and oxygen atoms in total.